The van der Waals surface area contributed by atoms with Gasteiger partial charge in [-0.3, -0.25) is 4.79 Å². The molecule has 1 unspecified atom stereocenters. The first kappa shape index (κ1) is 13.8. The summed E-state index contributed by atoms with van der Waals surface area (Å²) >= 11 is 0. The van der Waals surface area contributed by atoms with Gasteiger partial charge in [-0.25, -0.2) is 0 Å². The van der Waals surface area contributed by atoms with Gasteiger partial charge in [0.1, 0.15) is 0 Å². The Morgan fingerprint density at radius 2 is 2.22 bits per heavy atom. The molecular weight excluding hydrogens is 228 g/mol. The van der Waals surface area contributed by atoms with Gasteiger partial charge >= 0.3 is 0 Å². The fourth-order valence-corrected chi connectivity index (χ4v) is 3.87. The first-order valence-electron chi connectivity index (χ1n) is 6.86. The van der Waals surface area contributed by atoms with Crippen LogP contribution in [0, 0.1) is 17.3 Å². The van der Waals surface area contributed by atoms with Gasteiger partial charge in [0.2, 0.25) is 0 Å². The summed E-state index contributed by atoms with van der Waals surface area (Å²) in [5, 5.41) is 19.5. The third-order valence-electron chi connectivity index (χ3n) is 5.36. The summed E-state index contributed by atoms with van der Waals surface area (Å²) in [5.74, 6) is 0.694. The molecule has 0 radical (unpaired) electrons. The third kappa shape index (κ3) is 2.04. The number of ketones is 1. The molecule has 0 saturated heterocycles. The standard InChI is InChI=1S/C15H24O3/c1-10-6-13(17)7-11(2)15(10)5-4-12(8-15)14(3,18)9-16/h6,11-12,16,18H,4-5,7-9H2,1-3H3/t11-,12?,14+,15-/m1/s1. The highest BCUT2D eigenvalue weighted by atomic mass is 16.3. The Morgan fingerprint density at radius 3 is 2.78 bits per heavy atom. The second-order valence-corrected chi connectivity index (χ2v) is 6.51. The maximum Gasteiger partial charge on any atom is 0.155 e. The van der Waals surface area contributed by atoms with Crippen molar-refractivity contribution in [3.05, 3.63) is 11.6 Å². The highest BCUT2D eigenvalue weighted by Gasteiger charge is 2.50. The molecule has 0 aliphatic heterocycles. The molecule has 18 heavy (non-hydrogen) atoms. The van der Waals surface area contributed by atoms with E-state index in [-0.39, 0.29) is 23.7 Å². The zero-order valence-corrected chi connectivity index (χ0v) is 11.6. The minimum absolute atomic E-state index is 0.0672. The van der Waals surface area contributed by atoms with Crippen molar-refractivity contribution in [2.75, 3.05) is 6.61 Å². The van der Waals surface area contributed by atoms with Gasteiger partial charge in [0.25, 0.3) is 0 Å². The topological polar surface area (TPSA) is 57.5 Å². The number of rotatable bonds is 2. The van der Waals surface area contributed by atoms with Crippen LogP contribution < -0.4 is 0 Å². The highest BCUT2D eigenvalue weighted by molar-refractivity contribution is 5.91. The second-order valence-electron chi connectivity index (χ2n) is 6.51. The van der Waals surface area contributed by atoms with Gasteiger partial charge in [-0.2, -0.15) is 0 Å². The van der Waals surface area contributed by atoms with Crippen LogP contribution in [0.5, 0.6) is 0 Å². The van der Waals surface area contributed by atoms with E-state index in [2.05, 4.69) is 6.92 Å². The van der Waals surface area contributed by atoms with E-state index in [1.54, 1.807) is 13.0 Å². The predicted molar refractivity (Wildman–Crippen MR) is 70.0 cm³/mol. The average Bonchev–Trinajstić information content (AvgIpc) is 2.73. The van der Waals surface area contributed by atoms with Crippen molar-refractivity contribution in [3.63, 3.8) is 0 Å². The number of allylic oxidation sites excluding steroid dienone is 2. The van der Waals surface area contributed by atoms with E-state index in [0.717, 1.165) is 19.3 Å². The lowest BCUT2D eigenvalue weighted by Gasteiger charge is -2.40. The van der Waals surface area contributed by atoms with Gasteiger partial charge in [0, 0.05) is 6.42 Å². The summed E-state index contributed by atoms with van der Waals surface area (Å²) in [4.78, 5) is 11.6. The molecule has 1 saturated carbocycles. The molecule has 0 aromatic carbocycles. The van der Waals surface area contributed by atoms with E-state index < -0.39 is 5.60 Å². The number of aliphatic hydroxyl groups is 2. The van der Waals surface area contributed by atoms with Crippen LogP contribution in [0.15, 0.2) is 11.6 Å². The van der Waals surface area contributed by atoms with Crippen molar-refractivity contribution in [3.8, 4) is 0 Å². The molecule has 2 rings (SSSR count). The second kappa shape index (κ2) is 4.46. The molecule has 0 aromatic heterocycles. The van der Waals surface area contributed by atoms with Gasteiger partial charge < -0.3 is 10.2 Å². The third-order valence-corrected chi connectivity index (χ3v) is 5.36. The Labute approximate surface area is 109 Å². The Balaban J connectivity index is 2.25. The summed E-state index contributed by atoms with van der Waals surface area (Å²) in [6, 6.07) is 0. The highest BCUT2D eigenvalue weighted by Crippen LogP contribution is 2.56. The Bertz CT molecular complexity index is 383. The molecule has 0 heterocycles. The van der Waals surface area contributed by atoms with Gasteiger partial charge in [0.15, 0.2) is 5.78 Å². The maximum absolute atomic E-state index is 11.6. The first-order valence-corrected chi connectivity index (χ1v) is 6.86. The molecule has 3 nitrogen and oxygen atoms in total. The van der Waals surface area contributed by atoms with Crippen molar-refractivity contribution >= 4 is 5.78 Å². The number of hydrogen-bond acceptors (Lipinski definition) is 3. The molecule has 2 aliphatic carbocycles. The normalized spacial score (nSPS) is 39.8. The van der Waals surface area contributed by atoms with Crippen molar-refractivity contribution in [1.29, 1.82) is 0 Å². The van der Waals surface area contributed by atoms with Crippen LogP contribution >= 0.6 is 0 Å². The quantitative estimate of drug-likeness (QED) is 0.791. The summed E-state index contributed by atoms with van der Waals surface area (Å²) in [5.41, 5.74) is 0.241. The monoisotopic (exact) mass is 252 g/mol. The molecule has 4 atom stereocenters. The number of carbonyl (C=O) groups is 1. The number of hydrogen-bond donors (Lipinski definition) is 2. The zero-order valence-electron chi connectivity index (χ0n) is 11.6. The van der Waals surface area contributed by atoms with Crippen LogP contribution in [0.3, 0.4) is 0 Å². The van der Waals surface area contributed by atoms with Crippen LogP contribution in [0.25, 0.3) is 0 Å². The van der Waals surface area contributed by atoms with Crippen LogP contribution in [0.4, 0.5) is 0 Å². The van der Waals surface area contributed by atoms with Gasteiger partial charge in [0.05, 0.1) is 12.2 Å². The zero-order chi connectivity index (χ0) is 13.6. The van der Waals surface area contributed by atoms with E-state index in [1.807, 2.05) is 6.92 Å². The summed E-state index contributed by atoms with van der Waals surface area (Å²) < 4.78 is 0. The molecule has 0 aromatic rings. The van der Waals surface area contributed by atoms with Crippen LogP contribution in [0.2, 0.25) is 0 Å². The lowest BCUT2D eigenvalue weighted by molar-refractivity contribution is -0.117. The predicted octanol–water partition coefficient (Wildman–Crippen LogP) is 2.07. The summed E-state index contributed by atoms with van der Waals surface area (Å²) in [6.07, 6.45) is 5.24. The molecular formula is C15H24O3. The number of carbonyl (C=O) groups excluding carboxylic acids is 1. The first-order chi connectivity index (χ1) is 8.32. The number of aliphatic hydroxyl groups excluding tert-OH is 1. The van der Waals surface area contributed by atoms with Crippen molar-refractivity contribution in [2.45, 2.75) is 52.1 Å². The summed E-state index contributed by atoms with van der Waals surface area (Å²) in [6.45, 7) is 5.71. The van der Waals surface area contributed by atoms with Crippen LogP contribution in [-0.4, -0.2) is 28.2 Å². The van der Waals surface area contributed by atoms with E-state index >= 15 is 0 Å². The Morgan fingerprint density at radius 1 is 1.56 bits per heavy atom. The van der Waals surface area contributed by atoms with E-state index in [1.165, 1.54) is 5.57 Å². The maximum atomic E-state index is 11.6. The molecule has 3 heteroatoms. The summed E-state index contributed by atoms with van der Waals surface area (Å²) in [7, 11) is 0. The van der Waals surface area contributed by atoms with Crippen LogP contribution in [-0.2, 0) is 4.79 Å². The lowest BCUT2D eigenvalue weighted by Crippen LogP contribution is -2.39. The van der Waals surface area contributed by atoms with Crippen molar-refractivity contribution in [2.24, 2.45) is 17.3 Å². The molecule has 2 N–H and O–H groups in total. The van der Waals surface area contributed by atoms with E-state index in [4.69, 9.17) is 0 Å². The van der Waals surface area contributed by atoms with Gasteiger partial charge in [-0.15, -0.1) is 0 Å². The van der Waals surface area contributed by atoms with Crippen LogP contribution in [0.1, 0.15) is 46.5 Å². The van der Waals surface area contributed by atoms with Crippen molar-refractivity contribution in [1.82, 2.24) is 0 Å². The van der Waals surface area contributed by atoms with Gasteiger partial charge in [-0.05, 0) is 56.4 Å². The van der Waals surface area contributed by atoms with E-state index in [0.29, 0.717) is 12.3 Å². The Hall–Kier alpha value is -0.670. The van der Waals surface area contributed by atoms with E-state index in [9.17, 15) is 15.0 Å². The molecule has 102 valence electrons. The molecule has 2 aliphatic rings. The smallest absolute Gasteiger partial charge is 0.155 e. The molecule has 1 spiro atoms. The molecule has 0 amide bonds. The fraction of sp³-hybridized carbons (Fsp3) is 0.800. The Kier molecular flexibility index (Phi) is 3.41. The average molecular weight is 252 g/mol. The largest absolute Gasteiger partial charge is 0.393 e. The van der Waals surface area contributed by atoms with Crippen molar-refractivity contribution < 1.29 is 15.0 Å². The lowest BCUT2D eigenvalue weighted by atomic mass is 9.64. The molecule has 1 fully saturated rings. The minimum Gasteiger partial charge on any atom is -0.393 e. The SMILES string of the molecule is CC1=CC(=O)C[C@@H](C)[C@@]12CCC([C@@](C)(O)CO)C2. The fourth-order valence-electron chi connectivity index (χ4n) is 3.87. The minimum atomic E-state index is -0.995. The van der Waals surface area contributed by atoms with Gasteiger partial charge in [-0.1, -0.05) is 12.5 Å². The molecule has 0 bridgehead atoms.